The van der Waals surface area contributed by atoms with Crippen molar-refractivity contribution in [1.29, 1.82) is 0 Å². The molecule has 0 fully saturated rings. The van der Waals surface area contributed by atoms with Gasteiger partial charge >= 0.3 is 0 Å². The first-order valence-corrected chi connectivity index (χ1v) is 7.14. The SMILES string of the molecule is [O-]c1on[n+](-c2ccccc2)c1SCc1ccccc1. The maximum atomic E-state index is 11.8. The molecule has 0 saturated heterocycles. The number of aromatic nitrogens is 2. The second kappa shape index (κ2) is 5.79. The minimum Gasteiger partial charge on any atom is -0.538 e. The van der Waals surface area contributed by atoms with E-state index >= 15 is 0 Å². The van der Waals surface area contributed by atoms with Crippen LogP contribution in [0, 0.1) is 0 Å². The molecule has 3 rings (SSSR count). The molecule has 0 atom stereocenters. The predicted octanol–water partition coefficient (Wildman–Crippen LogP) is 2.32. The van der Waals surface area contributed by atoms with Crippen molar-refractivity contribution in [2.45, 2.75) is 10.8 Å². The molecule has 2 aromatic carbocycles. The van der Waals surface area contributed by atoms with Crippen molar-refractivity contribution in [2.75, 3.05) is 0 Å². The Balaban J connectivity index is 1.85. The van der Waals surface area contributed by atoms with E-state index in [1.54, 1.807) is 0 Å². The average Bonchev–Trinajstić information content (AvgIpc) is 2.88. The molecule has 1 heterocycles. The number of benzene rings is 2. The van der Waals surface area contributed by atoms with E-state index in [1.165, 1.54) is 16.4 Å². The molecule has 20 heavy (non-hydrogen) atoms. The van der Waals surface area contributed by atoms with Crippen molar-refractivity contribution in [3.05, 3.63) is 66.2 Å². The van der Waals surface area contributed by atoms with Gasteiger partial charge in [0.05, 0.1) is 5.27 Å². The summed E-state index contributed by atoms with van der Waals surface area (Å²) in [6, 6.07) is 19.5. The van der Waals surface area contributed by atoms with Crippen LogP contribution in [0.1, 0.15) is 5.56 Å². The summed E-state index contributed by atoms with van der Waals surface area (Å²) in [6.07, 6.45) is 0. The van der Waals surface area contributed by atoms with Crippen molar-refractivity contribution in [2.24, 2.45) is 0 Å². The van der Waals surface area contributed by atoms with Crippen LogP contribution in [0.4, 0.5) is 0 Å². The zero-order valence-corrected chi connectivity index (χ0v) is 11.4. The summed E-state index contributed by atoms with van der Waals surface area (Å²) in [4.78, 5) is 0. The van der Waals surface area contributed by atoms with Crippen LogP contribution < -0.4 is 9.79 Å². The topological polar surface area (TPSA) is 53.0 Å². The normalized spacial score (nSPS) is 10.6. The Morgan fingerprint density at radius 3 is 2.35 bits per heavy atom. The van der Waals surface area contributed by atoms with Crippen LogP contribution in [0.2, 0.25) is 0 Å². The zero-order chi connectivity index (χ0) is 13.8. The lowest BCUT2D eigenvalue weighted by molar-refractivity contribution is -0.705. The van der Waals surface area contributed by atoms with Gasteiger partial charge in [0.2, 0.25) is 5.69 Å². The number of rotatable bonds is 4. The number of thioether (sulfide) groups is 1. The van der Waals surface area contributed by atoms with Gasteiger partial charge in [-0.1, -0.05) is 48.5 Å². The summed E-state index contributed by atoms with van der Waals surface area (Å²) in [6.45, 7) is 0. The van der Waals surface area contributed by atoms with E-state index < -0.39 is 5.95 Å². The summed E-state index contributed by atoms with van der Waals surface area (Å²) in [5, 5.41) is 16.1. The predicted molar refractivity (Wildman–Crippen MR) is 73.5 cm³/mol. The second-order valence-electron chi connectivity index (χ2n) is 4.19. The number of hydrogen-bond acceptors (Lipinski definition) is 4. The summed E-state index contributed by atoms with van der Waals surface area (Å²) in [7, 11) is 0. The maximum Gasteiger partial charge on any atom is 0.298 e. The Morgan fingerprint density at radius 1 is 1.00 bits per heavy atom. The van der Waals surface area contributed by atoms with Gasteiger partial charge in [-0.3, -0.25) is 0 Å². The van der Waals surface area contributed by atoms with Crippen LogP contribution in [-0.2, 0) is 5.75 Å². The van der Waals surface area contributed by atoms with Gasteiger partial charge in [-0.05, 0) is 22.0 Å². The van der Waals surface area contributed by atoms with E-state index in [4.69, 9.17) is 4.52 Å². The van der Waals surface area contributed by atoms with Gasteiger partial charge in [0, 0.05) is 17.9 Å². The second-order valence-corrected chi connectivity index (χ2v) is 5.15. The van der Waals surface area contributed by atoms with Crippen molar-refractivity contribution in [3.8, 4) is 11.6 Å². The summed E-state index contributed by atoms with van der Waals surface area (Å²) in [5.41, 5.74) is 1.96. The third kappa shape index (κ3) is 2.67. The monoisotopic (exact) mass is 284 g/mol. The van der Waals surface area contributed by atoms with E-state index in [9.17, 15) is 5.11 Å². The van der Waals surface area contributed by atoms with Crippen molar-refractivity contribution >= 4 is 11.8 Å². The van der Waals surface area contributed by atoms with Gasteiger partial charge in [-0.2, -0.15) is 0 Å². The largest absolute Gasteiger partial charge is 0.538 e. The number of para-hydroxylation sites is 1. The lowest BCUT2D eigenvalue weighted by atomic mass is 10.2. The Labute approximate surface area is 120 Å². The highest BCUT2D eigenvalue weighted by molar-refractivity contribution is 7.98. The van der Waals surface area contributed by atoms with Crippen molar-refractivity contribution in [3.63, 3.8) is 0 Å². The van der Waals surface area contributed by atoms with E-state index in [0.29, 0.717) is 10.8 Å². The fraction of sp³-hybridized carbons (Fsp3) is 0.0667. The van der Waals surface area contributed by atoms with E-state index in [0.717, 1.165) is 11.3 Å². The molecule has 100 valence electrons. The molecule has 1 aromatic heterocycles. The minimum atomic E-state index is -0.408. The van der Waals surface area contributed by atoms with Gasteiger partial charge in [-0.25, -0.2) is 0 Å². The van der Waals surface area contributed by atoms with E-state index in [-0.39, 0.29) is 0 Å². The number of hydrogen-bond donors (Lipinski definition) is 0. The molecule has 0 amide bonds. The molecular formula is C15H12N2O2S. The molecule has 3 aromatic rings. The van der Waals surface area contributed by atoms with Crippen LogP contribution in [0.5, 0.6) is 5.95 Å². The van der Waals surface area contributed by atoms with Crippen LogP contribution in [0.25, 0.3) is 5.69 Å². The van der Waals surface area contributed by atoms with Gasteiger partial charge in [-0.15, -0.1) is 0 Å². The first-order chi connectivity index (χ1) is 9.84. The average molecular weight is 284 g/mol. The highest BCUT2D eigenvalue weighted by Gasteiger charge is 2.20. The first kappa shape index (κ1) is 12.7. The Morgan fingerprint density at radius 2 is 1.65 bits per heavy atom. The minimum absolute atomic E-state index is 0.408. The smallest absolute Gasteiger partial charge is 0.298 e. The van der Waals surface area contributed by atoms with Crippen LogP contribution >= 0.6 is 11.8 Å². The fourth-order valence-electron chi connectivity index (χ4n) is 1.82. The van der Waals surface area contributed by atoms with Crippen molar-refractivity contribution < 1.29 is 14.3 Å². The lowest BCUT2D eigenvalue weighted by Crippen LogP contribution is -2.34. The quantitative estimate of drug-likeness (QED) is 0.545. The molecule has 0 N–H and O–H groups in total. The summed E-state index contributed by atoms with van der Waals surface area (Å²) < 4.78 is 6.31. The van der Waals surface area contributed by atoms with Gasteiger partial charge in [0.15, 0.2) is 5.95 Å². The van der Waals surface area contributed by atoms with Crippen LogP contribution in [-0.4, -0.2) is 5.27 Å². The number of nitrogens with zero attached hydrogens (tertiary/aromatic N) is 2. The van der Waals surface area contributed by atoms with E-state index in [2.05, 4.69) is 5.27 Å². The molecular weight excluding hydrogens is 272 g/mol. The molecule has 0 aliphatic rings. The highest BCUT2D eigenvalue weighted by Crippen LogP contribution is 2.26. The third-order valence-electron chi connectivity index (χ3n) is 2.79. The highest BCUT2D eigenvalue weighted by atomic mass is 32.2. The summed E-state index contributed by atoms with van der Waals surface area (Å²) >= 11 is 1.42. The molecule has 0 aliphatic heterocycles. The Hall–Kier alpha value is -2.27. The van der Waals surface area contributed by atoms with Crippen LogP contribution in [0.15, 0.2) is 70.2 Å². The molecule has 5 heteroatoms. The maximum absolute atomic E-state index is 11.8. The molecule has 0 saturated carbocycles. The van der Waals surface area contributed by atoms with Crippen LogP contribution in [0.3, 0.4) is 0 Å². The first-order valence-electron chi connectivity index (χ1n) is 6.16. The standard InChI is InChI=1S/C15H12N2O2S/c18-15-14(20-11-12-7-3-1-4-8-12)17(16-19-15)13-9-5-2-6-10-13/h1-10H,11H2. The zero-order valence-electron chi connectivity index (χ0n) is 10.6. The Kier molecular flexibility index (Phi) is 3.69. The van der Waals surface area contributed by atoms with Gasteiger partial charge in [0.1, 0.15) is 0 Å². The molecule has 0 spiro atoms. The molecule has 0 aliphatic carbocycles. The fourth-order valence-corrected chi connectivity index (χ4v) is 2.73. The molecule has 0 bridgehead atoms. The van der Waals surface area contributed by atoms with Crippen molar-refractivity contribution in [1.82, 2.24) is 5.27 Å². The van der Waals surface area contributed by atoms with Gasteiger partial charge in [0.25, 0.3) is 5.03 Å². The van der Waals surface area contributed by atoms with E-state index in [1.807, 2.05) is 60.7 Å². The molecule has 4 nitrogen and oxygen atoms in total. The lowest BCUT2D eigenvalue weighted by Gasteiger charge is -1.99. The molecule has 0 unspecified atom stereocenters. The Bertz CT molecular complexity index is 684. The molecule has 0 radical (unpaired) electrons. The van der Waals surface area contributed by atoms with Gasteiger partial charge < -0.3 is 9.63 Å². The third-order valence-corrected chi connectivity index (χ3v) is 3.88. The summed E-state index contributed by atoms with van der Waals surface area (Å²) in [5.74, 6) is 0.291.